The lowest BCUT2D eigenvalue weighted by molar-refractivity contribution is 0.0722. The maximum absolute atomic E-state index is 12.5. The van der Waals surface area contributed by atoms with Crippen LogP contribution in [0.4, 0.5) is 0 Å². The minimum atomic E-state index is -3.76. The first-order chi connectivity index (χ1) is 12.3. The van der Waals surface area contributed by atoms with Gasteiger partial charge in [-0.15, -0.1) is 0 Å². The topological polar surface area (TPSA) is 107 Å². The van der Waals surface area contributed by atoms with Gasteiger partial charge in [0, 0.05) is 37.9 Å². The Labute approximate surface area is 152 Å². The van der Waals surface area contributed by atoms with E-state index in [9.17, 15) is 13.2 Å². The number of aromatic nitrogens is 2. The first-order valence-electron chi connectivity index (χ1n) is 8.25. The summed E-state index contributed by atoms with van der Waals surface area (Å²) in [6, 6.07) is 2.67. The van der Waals surface area contributed by atoms with Crippen molar-refractivity contribution in [3.8, 4) is 0 Å². The Morgan fingerprint density at radius 3 is 2.58 bits per heavy atom. The highest BCUT2D eigenvalue weighted by molar-refractivity contribution is 7.89. The van der Waals surface area contributed by atoms with E-state index in [4.69, 9.17) is 9.15 Å². The van der Waals surface area contributed by atoms with Crippen LogP contribution in [0.1, 0.15) is 27.5 Å². The number of amides is 1. The smallest absolute Gasteiger partial charge is 0.287 e. The number of morpholine rings is 1. The zero-order valence-corrected chi connectivity index (χ0v) is 15.8. The Bertz CT molecular complexity index is 909. The van der Waals surface area contributed by atoms with E-state index in [1.165, 1.54) is 16.4 Å². The van der Waals surface area contributed by atoms with Crippen LogP contribution in [0.3, 0.4) is 0 Å². The average Bonchev–Trinajstić information content (AvgIpc) is 3.21. The van der Waals surface area contributed by atoms with E-state index in [1.807, 2.05) is 20.9 Å². The van der Waals surface area contributed by atoms with Crippen LogP contribution in [-0.2, 0) is 28.4 Å². The summed E-state index contributed by atoms with van der Waals surface area (Å²) >= 11 is 0. The molecule has 1 aliphatic rings. The van der Waals surface area contributed by atoms with Gasteiger partial charge < -0.3 is 14.5 Å². The van der Waals surface area contributed by atoms with Crippen molar-refractivity contribution < 1.29 is 22.4 Å². The van der Waals surface area contributed by atoms with Gasteiger partial charge >= 0.3 is 0 Å². The molecular formula is C16H22N4O5S. The summed E-state index contributed by atoms with van der Waals surface area (Å²) in [7, 11) is -1.92. The van der Waals surface area contributed by atoms with Gasteiger partial charge in [-0.05, 0) is 26.0 Å². The standard InChI is InChI=1S/C16H22N4O5S/c1-11-13(12(2)19(3)18-11)10-17-16(21)14-4-5-15(25-14)26(22,23)20-6-8-24-9-7-20/h4-5H,6-10H2,1-3H3,(H,17,21). The third kappa shape index (κ3) is 3.53. The highest BCUT2D eigenvalue weighted by Gasteiger charge is 2.30. The minimum absolute atomic E-state index is 0.0453. The third-order valence-corrected chi connectivity index (χ3v) is 6.23. The zero-order chi connectivity index (χ0) is 18.9. The zero-order valence-electron chi connectivity index (χ0n) is 15.0. The molecule has 0 atom stereocenters. The number of furan rings is 1. The first kappa shape index (κ1) is 18.6. The molecule has 0 aromatic carbocycles. The lowest BCUT2D eigenvalue weighted by Gasteiger charge is -2.24. The number of nitrogens with one attached hydrogen (secondary N) is 1. The fourth-order valence-electron chi connectivity index (χ4n) is 2.82. The van der Waals surface area contributed by atoms with Gasteiger partial charge in [0.25, 0.3) is 15.9 Å². The molecule has 3 rings (SSSR count). The van der Waals surface area contributed by atoms with Crippen molar-refractivity contribution in [3.05, 3.63) is 34.8 Å². The lowest BCUT2D eigenvalue weighted by Crippen LogP contribution is -2.40. The summed E-state index contributed by atoms with van der Waals surface area (Å²) in [5.41, 5.74) is 2.71. The van der Waals surface area contributed by atoms with Crippen molar-refractivity contribution in [3.63, 3.8) is 0 Å². The maximum Gasteiger partial charge on any atom is 0.287 e. The molecule has 0 saturated carbocycles. The highest BCUT2D eigenvalue weighted by Crippen LogP contribution is 2.20. The molecule has 2 aromatic heterocycles. The number of hydrogen-bond acceptors (Lipinski definition) is 6. The van der Waals surface area contributed by atoms with Crippen molar-refractivity contribution in [2.24, 2.45) is 7.05 Å². The van der Waals surface area contributed by atoms with Gasteiger partial charge in [-0.2, -0.15) is 9.40 Å². The SMILES string of the molecule is Cc1nn(C)c(C)c1CNC(=O)c1ccc(S(=O)(=O)N2CCOCC2)o1. The van der Waals surface area contributed by atoms with Crippen LogP contribution >= 0.6 is 0 Å². The molecule has 1 fully saturated rings. The second-order valence-corrected chi connectivity index (χ2v) is 7.96. The van der Waals surface area contributed by atoms with E-state index in [-0.39, 0.29) is 30.5 Å². The minimum Gasteiger partial charge on any atom is -0.438 e. The highest BCUT2D eigenvalue weighted by atomic mass is 32.2. The van der Waals surface area contributed by atoms with Crippen LogP contribution in [-0.4, -0.2) is 54.7 Å². The fourth-order valence-corrected chi connectivity index (χ4v) is 4.14. The van der Waals surface area contributed by atoms with Crippen LogP contribution in [0.2, 0.25) is 0 Å². The average molecular weight is 382 g/mol. The number of ether oxygens (including phenoxy) is 1. The van der Waals surface area contributed by atoms with E-state index < -0.39 is 15.9 Å². The monoisotopic (exact) mass is 382 g/mol. The first-order valence-corrected chi connectivity index (χ1v) is 9.69. The summed E-state index contributed by atoms with van der Waals surface area (Å²) in [4.78, 5) is 12.3. The van der Waals surface area contributed by atoms with Gasteiger partial charge in [0.2, 0.25) is 5.09 Å². The molecule has 2 aromatic rings. The van der Waals surface area contributed by atoms with Crippen LogP contribution in [0, 0.1) is 13.8 Å². The molecule has 0 aliphatic carbocycles. The molecular weight excluding hydrogens is 360 g/mol. The van der Waals surface area contributed by atoms with Gasteiger partial charge in [0.15, 0.2) is 5.76 Å². The molecule has 142 valence electrons. The van der Waals surface area contributed by atoms with E-state index in [0.29, 0.717) is 13.2 Å². The summed E-state index contributed by atoms with van der Waals surface area (Å²) in [6.07, 6.45) is 0. The number of aryl methyl sites for hydroxylation is 2. The predicted octanol–water partition coefficient (Wildman–Crippen LogP) is 0.581. The van der Waals surface area contributed by atoms with Gasteiger partial charge in [0.05, 0.1) is 18.9 Å². The molecule has 1 saturated heterocycles. The van der Waals surface area contributed by atoms with Crippen molar-refractivity contribution in [2.45, 2.75) is 25.5 Å². The number of carbonyl (C=O) groups excluding carboxylic acids is 1. The molecule has 1 amide bonds. The van der Waals surface area contributed by atoms with Crippen LogP contribution in [0.25, 0.3) is 0 Å². The second kappa shape index (κ2) is 7.22. The molecule has 1 aliphatic heterocycles. The predicted molar refractivity (Wildman–Crippen MR) is 92.1 cm³/mol. The van der Waals surface area contributed by atoms with Crippen molar-refractivity contribution in [1.82, 2.24) is 19.4 Å². The maximum atomic E-state index is 12.5. The number of rotatable bonds is 5. The van der Waals surface area contributed by atoms with E-state index in [1.54, 1.807) is 4.68 Å². The fraction of sp³-hybridized carbons (Fsp3) is 0.500. The van der Waals surface area contributed by atoms with Crippen LogP contribution < -0.4 is 5.32 Å². The Balaban J connectivity index is 1.70. The number of carbonyl (C=O) groups is 1. The molecule has 0 bridgehead atoms. The normalized spacial score (nSPS) is 16.0. The van der Waals surface area contributed by atoms with E-state index >= 15 is 0 Å². The van der Waals surface area contributed by atoms with Crippen LogP contribution in [0.5, 0.6) is 0 Å². The van der Waals surface area contributed by atoms with Crippen molar-refractivity contribution in [2.75, 3.05) is 26.3 Å². The molecule has 10 heteroatoms. The summed E-state index contributed by atoms with van der Waals surface area (Å²) in [6.45, 7) is 5.30. The Morgan fingerprint density at radius 1 is 1.27 bits per heavy atom. The Hall–Kier alpha value is -2.17. The second-order valence-electron chi connectivity index (χ2n) is 6.09. The number of hydrogen-bond donors (Lipinski definition) is 1. The molecule has 0 spiro atoms. The van der Waals surface area contributed by atoms with Crippen molar-refractivity contribution in [1.29, 1.82) is 0 Å². The summed E-state index contributed by atoms with van der Waals surface area (Å²) < 4.78 is 38.6. The molecule has 1 N–H and O–H groups in total. The summed E-state index contributed by atoms with van der Waals surface area (Å²) in [5, 5.41) is 6.80. The van der Waals surface area contributed by atoms with Gasteiger partial charge in [-0.1, -0.05) is 0 Å². The molecule has 0 radical (unpaired) electrons. The lowest BCUT2D eigenvalue weighted by atomic mass is 10.2. The largest absolute Gasteiger partial charge is 0.438 e. The third-order valence-electron chi connectivity index (χ3n) is 4.45. The van der Waals surface area contributed by atoms with Gasteiger partial charge in [-0.3, -0.25) is 9.48 Å². The molecule has 26 heavy (non-hydrogen) atoms. The van der Waals surface area contributed by atoms with Crippen LogP contribution in [0.15, 0.2) is 21.6 Å². The van der Waals surface area contributed by atoms with E-state index in [2.05, 4.69) is 10.4 Å². The molecule has 3 heterocycles. The van der Waals surface area contributed by atoms with Crippen molar-refractivity contribution >= 4 is 15.9 Å². The summed E-state index contributed by atoms with van der Waals surface area (Å²) in [5.74, 6) is -0.521. The quantitative estimate of drug-likeness (QED) is 0.811. The molecule has 0 unspecified atom stereocenters. The molecule has 9 nitrogen and oxygen atoms in total. The van der Waals surface area contributed by atoms with Gasteiger partial charge in [0.1, 0.15) is 0 Å². The Kier molecular flexibility index (Phi) is 5.17. The van der Waals surface area contributed by atoms with E-state index in [0.717, 1.165) is 17.0 Å². The Morgan fingerprint density at radius 2 is 1.96 bits per heavy atom. The van der Waals surface area contributed by atoms with Gasteiger partial charge in [-0.25, -0.2) is 8.42 Å². The number of sulfonamides is 1. The number of nitrogens with zero attached hydrogens (tertiary/aromatic N) is 3.